The lowest BCUT2D eigenvalue weighted by Crippen LogP contribution is -2.54. The van der Waals surface area contributed by atoms with Crippen molar-refractivity contribution in [2.45, 2.75) is 91.1 Å². The molecule has 4 nitrogen and oxygen atoms in total. The fraction of sp³-hybridized carbons (Fsp3) is 0.548. The summed E-state index contributed by atoms with van der Waals surface area (Å²) in [7, 11) is 4.31. The molecule has 0 spiro atoms. The summed E-state index contributed by atoms with van der Waals surface area (Å²) < 4.78 is 0. The molecular weight excluding hydrogens is 560 g/mol. The monoisotopic (exact) mass is 620 g/mol. The molecule has 4 aliphatic rings. The Morgan fingerprint density at radius 1 is 1.02 bits per heavy atom. The minimum absolute atomic E-state index is 0.149. The van der Waals surface area contributed by atoms with E-state index < -0.39 is 0 Å². The summed E-state index contributed by atoms with van der Waals surface area (Å²) in [6, 6.07) is 11.3. The van der Waals surface area contributed by atoms with Gasteiger partial charge in [-0.25, -0.2) is 0 Å². The summed E-state index contributed by atoms with van der Waals surface area (Å²) >= 11 is 0. The van der Waals surface area contributed by atoms with E-state index in [0.29, 0.717) is 41.8 Å². The Labute approximate surface area is 280 Å². The minimum Gasteiger partial charge on any atom is -0.369 e. The zero-order chi connectivity index (χ0) is 32.7. The van der Waals surface area contributed by atoms with Crippen LogP contribution in [-0.4, -0.2) is 49.5 Å². The molecule has 0 radical (unpaired) electrons. The lowest BCUT2D eigenvalue weighted by molar-refractivity contribution is 0.202. The van der Waals surface area contributed by atoms with Crippen LogP contribution in [0.2, 0.25) is 0 Å². The van der Waals surface area contributed by atoms with Gasteiger partial charge in [0.25, 0.3) is 0 Å². The average molecular weight is 621 g/mol. The Bertz CT molecular complexity index is 1380. The van der Waals surface area contributed by atoms with E-state index in [9.17, 15) is 0 Å². The first-order chi connectivity index (χ1) is 22.0. The highest BCUT2D eigenvalue weighted by molar-refractivity contribution is 5.88. The highest BCUT2D eigenvalue weighted by Gasteiger charge is 2.39. The van der Waals surface area contributed by atoms with Gasteiger partial charge in [-0.1, -0.05) is 118 Å². The molecule has 0 heterocycles. The molecule has 0 saturated carbocycles. The molecule has 4 aliphatic carbocycles. The molecule has 1 aromatic carbocycles. The van der Waals surface area contributed by atoms with Gasteiger partial charge in [0, 0.05) is 46.9 Å². The van der Waals surface area contributed by atoms with Gasteiger partial charge in [0.2, 0.25) is 0 Å². The molecule has 0 aliphatic heterocycles. The van der Waals surface area contributed by atoms with Crippen molar-refractivity contribution in [1.82, 2.24) is 15.5 Å². The van der Waals surface area contributed by atoms with Crippen molar-refractivity contribution in [1.29, 1.82) is 0 Å². The first-order valence-electron chi connectivity index (χ1n) is 17.9. The van der Waals surface area contributed by atoms with Gasteiger partial charge in [-0.15, -0.1) is 0 Å². The maximum Gasteiger partial charge on any atom is 0.107 e. The van der Waals surface area contributed by atoms with Gasteiger partial charge in [-0.3, -0.25) is 4.99 Å². The summed E-state index contributed by atoms with van der Waals surface area (Å²) in [4.78, 5) is 7.47. The van der Waals surface area contributed by atoms with Crippen LogP contribution in [0.5, 0.6) is 0 Å². The fourth-order valence-electron chi connectivity index (χ4n) is 7.74. The number of hydrogen-bond donors (Lipinski definition) is 2. The van der Waals surface area contributed by atoms with E-state index >= 15 is 0 Å². The van der Waals surface area contributed by atoms with Crippen LogP contribution in [-0.2, 0) is 0 Å². The molecule has 46 heavy (non-hydrogen) atoms. The first kappa shape index (κ1) is 34.4. The van der Waals surface area contributed by atoms with Crippen LogP contribution in [0.4, 0.5) is 0 Å². The van der Waals surface area contributed by atoms with E-state index in [4.69, 9.17) is 4.99 Å². The zero-order valence-corrected chi connectivity index (χ0v) is 29.7. The van der Waals surface area contributed by atoms with Crippen LogP contribution < -0.4 is 10.6 Å². The summed E-state index contributed by atoms with van der Waals surface area (Å²) in [5, 5.41) is 7.96. The van der Waals surface area contributed by atoms with Gasteiger partial charge in [-0.2, -0.15) is 0 Å². The summed E-state index contributed by atoms with van der Waals surface area (Å²) in [6.45, 7) is 13.6. The van der Waals surface area contributed by atoms with Gasteiger partial charge in [0.1, 0.15) is 6.67 Å². The number of aliphatic imine (C=N–C) groups is 1. The lowest BCUT2D eigenvalue weighted by Gasteiger charge is -2.44. The molecule has 5 rings (SSSR count). The van der Waals surface area contributed by atoms with E-state index in [1.54, 1.807) is 0 Å². The number of nitrogens with zero attached hydrogens (tertiary/aromatic N) is 2. The van der Waals surface area contributed by atoms with Crippen molar-refractivity contribution >= 4 is 11.3 Å². The molecule has 0 aromatic heterocycles. The van der Waals surface area contributed by atoms with Crippen LogP contribution >= 0.6 is 0 Å². The van der Waals surface area contributed by atoms with Crippen molar-refractivity contribution in [3.63, 3.8) is 0 Å². The van der Waals surface area contributed by atoms with Crippen molar-refractivity contribution in [3.8, 4) is 0 Å². The molecule has 4 heteroatoms. The molecule has 6 unspecified atom stereocenters. The molecule has 1 aromatic rings. The van der Waals surface area contributed by atoms with E-state index in [2.05, 4.69) is 149 Å². The standard InChI is InChI=1S/C42H60N4/c1-31-28-35(41(2,3)4)22-24-38(31)45-42(5)26-15-14-20-37(42)34-21-23-40(36(29-34)32-16-10-8-11-17-32)44-30-43-39(25-27-46(6)7)33-18-12-9-13-19-33/h8,10-12,14-18,20,22,24,26,29,31,33,35,37-38,44-45H,9,13,19,21,23,25,27-28,30H2,1-7H3. The Morgan fingerprint density at radius 3 is 2.52 bits per heavy atom. The minimum atomic E-state index is -0.149. The van der Waals surface area contributed by atoms with E-state index in [-0.39, 0.29) is 5.54 Å². The van der Waals surface area contributed by atoms with Crippen LogP contribution in [0.1, 0.15) is 85.1 Å². The first-order valence-corrected chi connectivity index (χ1v) is 17.9. The molecule has 0 amide bonds. The van der Waals surface area contributed by atoms with E-state index in [1.807, 2.05) is 0 Å². The number of rotatable bonds is 11. The highest BCUT2D eigenvalue weighted by atomic mass is 15.1. The highest BCUT2D eigenvalue weighted by Crippen LogP contribution is 2.41. The van der Waals surface area contributed by atoms with Crippen molar-refractivity contribution < 1.29 is 0 Å². The Balaban J connectivity index is 1.39. The van der Waals surface area contributed by atoms with Gasteiger partial charge >= 0.3 is 0 Å². The molecule has 0 fully saturated rings. The third kappa shape index (κ3) is 8.69. The predicted octanol–water partition coefficient (Wildman–Crippen LogP) is 9.13. The Morgan fingerprint density at radius 2 is 1.83 bits per heavy atom. The predicted molar refractivity (Wildman–Crippen MR) is 199 cm³/mol. The maximum absolute atomic E-state index is 5.20. The molecule has 6 atom stereocenters. The SMILES string of the molecule is CC1CC(C(C)(C)C)C=CC1NC1(C)C=CC=CC1C1=CC(c2ccccc2)=C(NCN=C(CCN(C)C)C2C=CCCC2)CC1. The smallest absolute Gasteiger partial charge is 0.107 e. The Hall–Kier alpha value is -2.95. The van der Waals surface area contributed by atoms with Crippen LogP contribution in [0, 0.1) is 29.1 Å². The topological polar surface area (TPSA) is 39.7 Å². The largest absolute Gasteiger partial charge is 0.369 e. The van der Waals surface area contributed by atoms with E-state index in [1.165, 1.54) is 53.8 Å². The summed E-state index contributed by atoms with van der Waals surface area (Å²) in [5.74, 6) is 2.00. The molecule has 0 bridgehead atoms. The van der Waals surface area contributed by atoms with Crippen LogP contribution in [0.15, 0.2) is 101 Å². The molecule has 248 valence electrons. The van der Waals surface area contributed by atoms with E-state index in [0.717, 1.165) is 25.8 Å². The van der Waals surface area contributed by atoms with Gasteiger partial charge in [0.05, 0.1) is 0 Å². The summed E-state index contributed by atoms with van der Waals surface area (Å²) in [5.41, 5.74) is 6.90. The third-order valence-electron chi connectivity index (χ3n) is 10.8. The average Bonchev–Trinajstić information content (AvgIpc) is 3.04. The van der Waals surface area contributed by atoms with Crippen LogP contribution in [0.25, 0.3) is 5.57 Å². The summed E-state index contributed by atoms with van der Waals surface area (Å²) in [6.07, 6.45) is 29.5. The Kier molecular flexibility index (Phi) is 11.4. The second-order valence-electron chi connectivity index (χ2n) is 15.7. The van der Waals surface area contributed by atoms with Gasteiger partial charge in [-0.05, 0) is 88.8 Å². The van der Waals surface area contributed by atoms with Crippen molar-refractivity contribution in [2.24, 2.45) is 34.1 Å². The van der Waals surface area contributed by atoms with Gasteiger partial charge < -0.3 is 15.5 Å². The van der Waals surface area contributed by atoms with Crippen molar-refractivity contribution in [3.05, 3.63) is 102 Å². The lowest BCUT2D eigenvalue weighted by atomic mass is 9.70. The van der Waals surface area contributed by atoms with Crippen LogP contribution in [0.3, 0.4) is 0 Å². The number of nitrogens with one attached hydrogen (secondary N) is 2. The van der Waals surface area contributed by atoms with Crippen molar-refractivity contribution in [2.75, 3.05) is 27.3 Å². The molecular formula is C42H60N4. The molecule has 2 N–H and O–H groups in total. The van der Waals surface area contributed by atoms with Gasteiger partial charge in [0.15, 0.2) is 0 Å². The molecule has 0 saturated heterocycles. The zero-order valence-electron chi connectivity index (χ0n) is 29.7. The number of allylic oxidation sites excluding steroid dienone is 8. The normalized spacial score (nSPS) is 30.2. The number of benzene rings is 1. The number of hydrogen-bond acceptors (Lipinski definition) is 4. The second-order valence-corrected chi connectivity index (χ2v) is 15.7. The quantitative estimate of drug-likeness (QED) is 0.191. The fourth-order valence-corrected chi connectivity index (χ4v) is 7.74. The second kappa shape index (κ2) is 15.3. The maximum atomic E-state index is 5.20. The third-order valence-corrected chi connectivity index (χ3v) is 10.8.